The number of hydrogen-bond donors (Lipinski definition) is 1. The summed E-state index contributed by atoms with van der Waals surface area (Å²) in [7, 11) is 0. The summed E-state index contributed by atoms with van der Waals surface area (Å²) >= 11 is 3.54. The highest BCUT2D eigenvalue weighted by Crippen LogP contribution is 2.38. The van der Waals surface area contributed by atoms with Crippen molar-refractivity contribution in [3.05, 3.63) is 64.1 Å². The number of nitrogens with one attached hydrogen (secondary N) is 1. The summed E-state index contributed by atoms with van der Waals surface area (Å²) in [6.45, 7) is 6.16. The van der Waals surface area contributed by atoms with Crippen LogP contribution in [-0.4, -0.2) is 30.6 Å². The predicted molar refractivity (Wildman–Crippen MR) is 114 cm³/mol. The van der Waals surface area contributed by atoms with Gasteiger partial charge in [-0.2, -0.15) is 0 Å². The number of rotatable bonds is 5. The van der Waals surface area contributed by atoms with E-state index in [2.05, 4.69) is 38.3 Å². The summed E-state index contributed by atoms with van der Waals surface area (Å²) in [5.74, 6) is 0. The van der Waals surface area contributed by atoms with Crippen molar-refractivity contribution >= 4 is 34.0 Å². The summed E-state index contributed by atoms with van der Waals surface area (Å²) in [6, 6.07) is 14.9. The fraction of sp³-hybridized carbons (Fsp3) is 0.364. The Morgan fingerprint density at radius 3 is 2.57 bits per heavy atom. The maximum atomic E-state index is 12.4. The summed E-state index contributed by atoms with van der Waals surface area (Å²) in [5, 5.41) is 2.76. The summed E-state index contributed by atoms with van der Waals surface area (Å²) in [4.78, 5) is 26.6. The van der Waals surface area contributed by atoms with Crippen molar-refractivity contribution in [2.45, 2.75) is 44.9 Å². The van der Waals surface area contributed by atoms with E-state index in [4.69, 9.17) is 4.74 Å². The highest BCUT2D eigenvalue weighted by molar-refractivity contribution is 9.10. The first-order valence-electron chi connectivity index (χ1n) is 9.33. The van der Waals surface area contributed by atoms with Crippen LogP contribution in [0.1, 0.15) is 37.9 Å². The SMILES string of the molecule is CC(C)(C)OC(=O)NC(C=O)C(c1ccccc1)N1CCc2ccc(Br)cc21. The number of nitrogens with zero attached hydrogens (tertiary/aromatic N) is 1. The van der Waals surface area contributed by atoms with Crippen LogP contribution in [0.3, 0.4) is 0 Å². The van der Waals surface area contributed by atoms with Crippen molar-refractivity contribution in [2.75, 3.05) is 11.4 Å². The smallest absolute Gasteiger partial charge is 0.408 e. The molecule has 0 bridgehead atoms. The highest BCUT2D eigenvalue weighted by atomic mass is 79.9. The summed E-state index contributed by atoms with van der Waals surface area (Å²) in [6.07, 6.45) is 1.08. The number of amides is 1. The zero-order valence-corrected chi connectivity index (χ0v) is 17.9. The minimum atomic E-state index is -0.748. The van der Waals surface area contributed by atoms with E-state index in [0.29, 0.717) is 0 Å². The van der Waals surface area contributed by atoms with Gasteiger partial charge in [0.1, 0.15) is 17.9 Å². The van der Waals surface area contributed by atoms with Gasteiger partial charge in [-0.3, -0.25) is 0 Å². The van der Waals surface area contributed by atoms with Gasteiger partial charge in [-0.05, 0) is 50.5 Å². The number of halogens is 1. The Morgan fingerprint density at radius 2 is 1.93 bits per heavy atom. The third kappa shape index (κ3) is 4.73. The Hall–Kier alpha value is -2.34. The molecule has 0 aromatic heterocycles. The van der Waals surface area contributed by atoms with Gasteiger partial charge in [-0.1, -0.05) is 52.3 Å². The molecule has 6 heteroatoms. The van der Waals surface area contributed by atoms with Gasteiger partial charge in [-0.25, -0.2) is 4.79 Å². The van der Waals surface area contributed by atoms with E-state index >= 15 is 0 Å². The van der Waals surface area contributed by atoms with Crippen molar-refractivity contribution < 1.29 is 14.3 Å². The maximum Gasteiger partial charge on any atom is 0.408 e. The van der Waals surface area contributed by atoms with Crippen molar-refractivity contribution in [1.29, 1.82) is 0 Å². The van der Waals surface area contributed by atoms with Crippen LogP contribution in [0.5, 0.6) is 0 Å². The fourth-order valence-electron chi connectivity index (χ4n) is 3.53. The van der Waals surface area contributed by atoms with E-state index in [-0.39, 0.29) is 6.04 Å². The molecule has 1 amide bonds. The number of ether oxygens (including phenoxy) is 1. The fourth-order valence-corrected chi connectivity index (χ4v) is 3.88. The molecule has 1 heterocycles. The molecule has 0 fully saturated rings. The lowest BCUT2D eigenvalue weighted by Crippen LogP contribution is -2.48. The predicted octanol–water partition coefficient (Wildman–Crippen LogP) is 4.65. The molecule has 3 rings (SSSR count). The first kappa shape index (κ1) is 20.4. The number of alkyl carbamates (subject to hydrolysis) is 1. The number of carbonyl (C=O) groups is 2. The van der Waals surface area contributed by atoms with Crippen molar-refractivity contribution in [1.82, 2.24) is 5.32 Å². The van der Waals surface area contributed by atoms with Gasteiger partial charge < -0.3 is 19.7 Å². The Balaban J connectivity index is 1.95. The number of hydrogen-bond acceptors (Lipinski definition) is 4. The molecule has 2 aromatic carbocycles. The van der Waals surface area contributed by atoms with Gasteiger partial charge in [0.2, 0.25) is 0 Å². The number of anilines is 1. The minimum Gasteiger partial charge on any atom is -0.444 e. The lowest BCUT2D eigenvalue weighted by Gasteiger charge is -2.35. The lowest BCUT2D eigenvalue weighted by molar-refractivity contribution is -0.110. The van der Waals surface area contributed by atoms with E-state index in [0.717, 1.165) is 35.0 Å². The third-order valence-electron chi connectivity index (χ3n) is 4.63. The number of carbonyl (C=O) groups excluding carboxylic acids is 2. The van der Waals surface area contributed by atoms with Gasteiger partial charge in [0.15, 0.2) is 0 Å². The van der Waals surface area contributed by atoms with Crippen LogP contribution in [-0.2, 0) is 16.0 Å². The minimum absolute atomic E-state index is 0.332. The second-order valence-corrected chi connectivity index (χ2v) is 8.80. The first-order valence-corrected chi connectivity index (χ1v) is 10.1. The van der Waals surface area contributed by atoms with Crippen molar-refractivity contribution in [2.24, 2.45) is 0 Å². The second kappa shape index (κ2) is 8.35. The zero-order chi connectivity index (χ0) is 20.3. The Morgan fingerprint density at radius 1 is 1.21 bits per heavy atom. The van der Waals surface area contributed by atoms with Crippen LogP contribution in [0.15, 0.2) is 53.0 Å². The number of benzene rings is 2. The van der Waals surface area contributed by atoms with E-state index < -0.39 is 17.7 Å². The molecule has 2 atom stereocenters. The average Bonchev–Trinajstić information content (AvgIpc) is 3.03. The molecule has 2 unspecified atom stereocenters. The number of fused-ring (bicyclic) bond motifs is 1. The molecule has 0 radical (unpaired) electrons. The van der Waals surface area contributed by atoms with Crippen LogP contribution in [0.2, 0.25) is 0 Å². The Labute approximate surface area is 174 Å². The Kier molecular flexibility index (Phi) is 6.08. The molecule has 0 aliphatic carbocycles. The monoisotopic (exact) mass is 444 g/mol. The summed E-state index contributed by atoms with van der Waals surface area (Å²) in [5.41, 5.74) is 2.63. The molecule has 28 heavy (non-hydrogen) atoms. The van der Waals surface area contributed by atoms with E-state index in [9.17, 15) is 9.59 Å². The molecule has 0 saturated carbocycles. The quantitative estimate of drug-likeness (QED) is 0.681. The molecule has 5 nitrogen and oxygen atoms in total. The first-order chi connectivity index (χ1) is 13.3. The molecule has 1 N–H and O–H groups in total. The largest absolute Gasteiger partial charge is 0.444 e. The van der Waals surface area contributed by atoms with Crippen LogP contribution in [0, 0.1) is 0 Å². The molecule has 0 saturated heterocycles. The topological polar surface area (TPSA) is 58.6 Å². The van der Waals surface area contributed by atoms with E-state index in [1.165, 1.54) is 5.56 Å². The van der Waals surface area contributed by atoms with Crippen LogP contribution >= 0.6 is 15.9 Å². The van der Waals surface area contributed by atoms with Crippen LogP contribution < -0.4 is 10.2 Å². The van der Waals surface area contributed by atoms with Gasteiger partial charge >= 0.3 is 6.09 Å². The maximum absolute atomic E-state index is 12.4. The molecular weight excluding hydrogens is 420 g/mol. The lowest BCUT2D eigenvalue weighted by atomic mass is 9.98. The molecule has 148 valence electrons. The normalized spacial score (nSPS) is 15.5. The van der Waals surface area contributed by atoms with Gasteiger partial charge in [0.25, 0.3) is 0 Å². The van der Waals surface area contributed by atoms with Crippen LogP contribution in [0.4, 0.5) is 10.5 Å². The molecule has 1 aliphatic rings. The Bertz CT molecular complexity index is 849. The summed E-state index contributed by atoms with van der Waals surface area (Å²) < 4.78 is 6.35. The van der Waals surface area contributed by atoms with Crippen molar-refractivity contribution in [3.63, 3.8) is 0 Å². The van der Waals surface area contributed by atoms with Gasteiger partial charge in [0.05, 0.1) is 6.04 Å². The van der Waals surface area contributed by atoms with Gasteiger partial charge in [0, 0.05) is 16.7 Å². The zero-order valence-electron chi connectivity index (χ0n) is 16.3. The number of aldehydes is 1. The van der Waals surface area contributed by atoms with Crippen molar-refractivity contribution in [3.8, 4) is 0 Å². The van der Waals surface area contributed by atoms with Gasteiger partial charge in [-0.15, -0.1) is 0 Å². The third-order valence-corrected chi connectivity index (χ3v) is 5.12. The molecule has 0 spiro atoms. The molecule has 2 aromatic rings. The van der Waals surface area contributed by atoms with Crippen LogP contribution in [0.25, 0.3) is 0 Å². The van der Waals surface area contributed by atoms with E-state index in [1.807, 2.05) is 36.4 Å². The average molecular weight is 445 g/mol. The van der Waals surface area contributed by atoms with E-state index in [1.54, 1.807) is 20.8 Å². The highest BCUT2D eigenvalue weighted by Gasteiger charge is 2.35. The standard InChI is InChI=1S/C22H25BrN2O3/c1-22(2,3)28-21(27)24-18(14-26)20(16-7-5-4-6-8-16)25-12-11-15-9-10-17(23)13-19(15)25/h4-10,13-14,18,20H,11-12H2,1-3H3,(H,24,27). The molecule has 1 aliphatic heterocycles. The second-order valence-electron chi connectivity index (χ2n) is 7.88. The molecular formula is C22H25BrN2O3.